The van der Waals surface area contributed by atoms with Crippen molar-refractivity contribution in [3.63, 3.8) is 0 Å². The molecule has 1 saturated heterocycles. The van der Waals surface area contributed by atoms with E-state index >= 15 is 0 Å². The second kappa shape index (κ2) is 7.89. The van der Waals surface area contributed by atoms with Gasteiger partial charge in [0.05, 0.1) is 0 Å². The van der Waals surface area contributed by atoms with E-state index in [0.717, 1.165) is 11.3 Å². The SMILES string of the molecule is NC(=O)C1CCN(S(=O)(=O)c2nnc(NC(=O)c3ccc(Cl)cc3)s2)CC1. The van der Waals surface area contributed by atoms with Crippen molar-refractivity contribution in [3.05, 3.63) is 34.9 Å². The highest BCUT2D eigenvalue weighted by Gasteiger charge is 2.33. The third-order valence-electron chi connectivity index (χ3n) is 4.15. The van der Waals surface area contributed by atoms with Crippen molar-refractivity contribution in [2.24, 2.45) is 11.7 Å². The van der Waals surface area contributed by atoms with Crippen LogP contribution in [0.25, 0.3) is 0 Å². The predicted molar refractivity (Wildman–Crippen MR) is 100.0 cm³/mol. The Kier molecular flexibility index (Phi) is 5.75. The first-order valence-electron chi connectivity index (χ1n) is 7.97. The largest absolute Gasteiger partial charge is 0.369 e. The van der Waals surface area contributed by atoms with Crippen molar-refractivity contribution in [1.82, 2.24) is 14.5 Å². The lowest BCUT2D eigenvalue weighted by Gasteiger charge is -2.28. The third-order valence-corrected chi connectivity index (χ3v) is 7.49. The van der Waals surface area contributed by atoms with Crippen LogP contribution in [0.5, 0.6) is 0 Å². The zero-order chi connectivity index (χ0) is 19.6. The standard InChI is InChI=1S/C15H16ClN5O4S2/c16-11-3-1-10(2-4-11)13(23)18-14-19-20-15(26-14)27(24,25)21-7-5-9(6-8-21)12(17)22/h1-4,9H,5-8H2,(H2,17,22)(H,18,19,23). The second-order valence-electron chi connectivity index (χ2n) is 5.91. The van der Waals surface area contributed by atoms with Crippen molar-refractivity contribution in [1.29, 1.82) is 0 Å². The minimum absolute atomic E-state index is 0.0700. The van der Waals surface area contributed by atoms with Crippen LogP contribution in [-0.2, 0) is 14.8 Å². The fourth-order valence-electron chi connectivity index (χ4n) is 2.63. The van der Waals surface area contributed by atoms with Gasteiger partial charge in [-0.25, -0.2) is 8.42 Å². The maximum atomic E-state index is 12.7. The van der Waals surface area contributed by atoms with E-state index in [1.165, 1.54) is 4.31 Å². The number of carbonyl (C=O) groups excluding carboxylic acids is 2. The summed E-state index contributed by atoms with van der Waals surface area (Å²) in [6.45, 7) is 0.365. The lowest BCUT2D eigenvalue weighted by Crippen LogP contribution is -2.41. The molecule has 0 aliphatic carbocycles. The lowest BCUT2D eigenvalue weighted by molar-refractivity contribution is -0.122. The lowest BCUT2D eigenvalue weighted by atomic mass is 9.98. The van der Waals surface area contributed by atoms with Crippen LogP contribution < -0.4 is 11.1 Å². The van der Waals surface area contributed by atoms with Gasteiger partial charge < -0.3 is 5.73 Å². The summed E-state index contributed by atoms with van der Waals surface area (Å²) in [6, 6.07) is 6.23. The zero-order valence-corrected chi connectivity index (χ0v) is 16.4. The van der Waals surface area contributed by atoms with Crippen molar-refractivity contribution < 1.29 is 18.0 Å². The quantitative estimate of drug-likeness (QED) is 0.688. The van der Waals surface area contributed by atoms with Gasteiger partial charge in [0.25, 0.3) is 15.9 Å². The summed E-state index contributed by atoms with van der Waals surface area (Å²) >= 11 is 6.55. The average molecular weight is 430 g/mol. The number of nitrogens with zero attached hydrogens (tertiary/aromatic N) is 3. The van der Waals surface area contributed by atoms with Gasteiger partial charge in [-0.15, -0.1) is 10.2 Å². The molecule has 1 aliphatic rings. The van der Waals surface area contributed by atoms with E-state index in [9.17, 15) is 18.0 Å². The van der Waals surface area contributed by atoms with Crippen molar-refractivity contribution in [2.45, 2.75) is 17.2 Å². The molecule has 0 radical (unpaired) electrons. The molecule has 3 N–H and O–H groups in total. The summed E-state index contributed by atoms with van der Waals surface area (Å²) in [5.74, 6) is -1.19. The molecular formula is C15H16ClN5O4S2. The molecule has 0 saturated carbocycles. The molecule has 0 spiro atoms. The Morgan fingerprint density at radius 1 is 1.19 bits per heavy atom. The molecular weight excluding hydrogens is 414 g/mol. The Morgan fingerprint density at radius 3 is 2.41 bits per heavy atom. The van der Waals surface area contributed by atoms with Crippen LogP contribution in [-0.4, -0.2) is 47.8 Å². The molecule has 144 valence electrons. The fourth-order valence-corrected chi connectivity index (χ4v) is 5.26. The summed E-state index contributed by atoms with van der Waals surface area (Å²) in [5.41, 5.74) is 5.62. The maximum Gasteiger partial charge on any atom is 0.272 e. The number of primary amides is 1. The van der Waals surface area contributed by atoms with Crippen LogP contribution in [0.3, 0.4) is 0 Å². The predicted octanol–water partition coefficient (Wildman–Crippen LogP) is 1.33. The van der Waals surface area contributed by atoms with Gasteiger partial charge in [-0.1, -0.05) is 22.9 Å². The normalized spacial score (nSPS) is 16.2. The van der Waals surface area contributed by atoms with Crippen molar-refractivity contribution in [2.75, 3.05) is 18.4 Å². The first kappa shape index (κ1) is 19.7. The number of hydrogen-bond donors (Lipinski definition) is 2. The summed E-state index contributed by atoms with van der Waals surface area (Å²) in [7, 11) is -3.84. The van der Waals surface area contributed by atoms with E-state index in [1.807, 2.05) is 0 Å². The molecule has 2 heterocycles. The molecule has 1 aromatic carbocycles. The molecule has 9 nitrogen and oxygen atoms in total. The number of piperidine rings is 1. The van der Waals surface area contributed by atoms with E-state index in [-0.39, 0.29) is 28.5 Å². The summed E-state index contributed by atoms with van der Waals surface area (Å²) in [4.78, 5) is 23.4. The number of halogens is 1. The number of hydrogen-bond acceptors (Lipinski definition) is 7. The van der Waals surface area contributed by atoms with Gasteiger partial charge in [0, 0.05) is 29.6 Å². The number of nitrogens with one attached hydrogen (secondary N) is 1. The number of amides is 2. The Morgan fingerprint density at radius 2 is 1.81 bits per heavy atom. The Labute approximate surface area is 164 Å². The van der Waals surface area contributed by atoms with Gasteiger partial charge in [-0.05, 0) is 37.1 Å². The third kappa shape index (κ3) is 4.43. The van der Waals surface area contributed by atoms with E-state index in [1.54, 1.807) is 24.3 Å². The molecule has 3 rings (SSSR count). The molecule has 27 heavy (non-hydrogen) atoms. The number of nitrogens with two attached hydrogens (primary N) is 1. The molecule has 12 heteroatoms. The average Bonchev–Trinajstić information content (AvgIpc) is 3.11. The number of sulfonamides is 1. The highest BCUT2D eigenvalue weighted by atomic mass is 35.5. The van der Waals surface area contributed by atoms with Gasteiger partial charge in [-0.2, -0.15) is 4.31 Å². The van der Waals surface area contributed by atoms with Gasteiger partial charge >= 0.3 is 0 Å². The molecule has 0 unspecified atom stereocenters. The van der Waals surface area contributed by atoms with Crippen LogP contribution in [0.1, 0.15) is 23.2 Å². The molecule has 2 aromatic rings. The van der Waals surface area contributed by atoms with Crippen LogP contribution in [0.4, 0.5) is 5.13 Å². The maximum absolute atomic E-state index is 12.7. The van der Waals surface area contributed by atoms with Gasteiger partial charge in [0.1, 0.15) is 0 Å². The molecule has 1 aliphatic heterocycles. The highest BCUT2D eigenvalue weighted by molar-refractivity contribution is 7.91. The van der Waals surface area contributed by atoms with E-state index in [2.05, 4.69) is 15.5 Å². The van der Waals surface area contributed by atoms with Crippen LogP contribution in [0.2, 0.25) is 5.02 Å². The summed E-state index contributed by atoms with van der Waals surface area (Å²) in [6.07, 6.45) is 0.737. The number of carbonyl (C=O) groups is 2. The minimum atomic E-state index is -3.84. The summed E-state index contributed by atoms with van der Waals surface area (Å²) < 4.78 is 26.4. The molecule has 1 fully saturated rings. The molecule has 2 amide bonds. The van der Waals surface area contributed by atoms with Gasteiger partial charge in [0.2, 0.25) is 15.4 Å². The Bertz CT molecular complexity index is 953. The van der Waals surface area contributed by atoms with Crippen LogP contribution in [0.15, 0.2) is 28.6 Å². The second-order valence-corrected chi connectivity index (χ2v) is 9.44. The van der Waals surface area contributed by atoms with Crippen LogP contribution >= 0.6 is 22.9 Å². The monoisotopic (exact) mass is 429 g/mol. The van der Waals surface area contributed by atoms with Crippen molar-refractivity contribution in [3.8, 4) is 0 Å². The molecule has 0 atom stereocenters. The van der Waals surface area contributed by atoms with E-state index in [0.29, 0.717) is 23.4 Å². The van der Waals surface area contributed by atoms with Crippen LogP contribution in [0, 0.1) is 5.92 Å². The van der Waals surface area contributed by atoms with Gasteiger partial charge in [0.15, 0.2) is 0 Å². The number of rotatable bonds is 5. The molecule has 1 aromatic heterocycles. The first-order chi connectivity index (χ1) is 12.8. The summed E-state index contributed by atoms with van der Waals surface area (Å²) in [5, 5.41) is 10.5. The van der Waals surface area contributed by atoms with Crippen molar-refractivity contribution >= 4 is 49.9 Å². The highest BCUT2D eigenvalue weighted by Crippen LogP contribution is 2.27. The smallest absolute Gasteiger partial charge is 0.272 e. The fraction of sp³-hybridized carbons (Fsp3) is 0.333. The van der Waals surface area contributed by atoms with E-state index in [4.69, 9.17) is 17.3 Å². The van der Waals surface area contributed by atoms with E-state index < -0.39 is 21.8 Å². The number of anilines is 1. The Hall–Kier alpha value is -2.08. The first-order valence-corrected chi connectivity index (χ1v) is 10.6. The minimum Gasteiger partial charge on any atom is -0.369 e. The molecule has 0 bridgehead atoms. The Balaban J connectivity index is 1.68. The number of aromatic nitrogens is 2. The number of benzene rings is 1. The van der Waals surface area contributed by atoms with Gasteiger partial charge in [-0.3, -0.25) is 14.9 Å². The zero-order valence-electron chi connectivity index (χ0n) is 14.0. The topological polar surface area (TPSA) is 135 Å².